The highest BCUT2D eigenvalue weighted by Crippen LogP contribution is 2.13. The number of pyridine rings is 1. The van der Waals surface area contributed by atoms with Crippen molar-refractivity contribution in [3.63, 3.8) is 0 Å². The van der Waals surface area contributed by atoms with E-state index in [2.05, 4.69) is 24.8 Å². The quantitative estimate of drug-likeness (QED) is 0.853. The van der Waals surface area contributed by atoms with E-state index in [1.807, 2.05) is 37.5 Å². The maximum Gasteiger partial charge on any atom is 0.225 e. The highest BCUT2D eigenvalue weighted by Gasteiger charge is 2.19. The summed E-state index contributed by atoms with van der Waals surface area (Å²) in [5, 5.41) is 0. The number of nitrogens with zero attached hydrogens (tertiary/aromatic N) is 5. The largest absolute Gasteiger partial charge is 0.481 e. The van der Waals surface area contributed by atoms with E-state index in [9.17, 15) is 0 Å². The summed E-state index contributed by atoms with van der Waals surface area (Å²) in [5.41, 5.74) is 2.13. The van der Waals surface area contributed by atoms with Crippen LogP contribution >= 0.6 is 0 Å². The Balaban J connectivity index is 1.56. The molecule has 22 heavy (non-hydrogen) atoms. The molecule has 6 heteroatoms. The lowest BCUT2D eigenvalue weighted by molar-refractivity contribution is 0.245. The van der Waals surface area contributed by atoms with Gasteiger partial charge in [-0.15, -0.1) is 0 Å². The van der Waals surface area contributed by atoms with Crippen molar-refractivity contribution in [3.8, 4) is 5.88 Å². The van der Waals surface area contributed by atoms with Crippen LogP contribution in [-0.2, 0) is 6.54 Å². The average molecular weight is 299 g/mol. The summed E-state index contributed by atoms with van der Waals surface area (Å²) >= 11 is 0. The lowest BCUT2D eigenvalue weighted by Gasteiger charge is -2.34. The minimum atomic E-state index is 0.671. The number of methoxy groups -OCH3 is 1. The summed E-state index contributed by atoms with van der Waals surface area (Å²) in [4.78, 5) is 17.9. The molecule has 1 aliphatic rings. The third-order valence-corrected chi connectivity index (χ3v) is 3.80. The molecule has 3 heterocycles. The van der Waals surface area contributed by atoms with Crippen molar-refractivity contribution in [2.45, 2.75) is 13.5 Å². The molecule has 0 saturated carbocycles. The molecule has 2 aromatic rings. The molecule has 0 radical (unpaired) electrons. The van der Waals surface area contributed by atoms with Crippen molar-refractivity contribution in [1.29, 1.82) is 0 Å². The predicted molar refractivity (Wildman–Crippen MR) is 85.0 cm³/mol. The van der Waals surface area contributed by atoms with Crippen molar-refractivity contribution >= 4 is 5.95 Å². The van der Waals surface area contributed by atoms with Crippen LogP contribution in [0.1, 0.15) is 11.3 Å². The normalized spacial score (nSPS) is 15.8. The molecule has 0 aromatic carbocycles. The van der Waals surface area contributed by atoms with Crippen molar-refractivity contribution in [1.82, 2.24) is 19.9 Å². The van der Waals surface area contributed by atoms with Crippen molar-refractivity contribution in [2.24, 2.45) is 0 Å². The van der Waals surface area contributed by atoms with Gasteiger partial charge in [0.2, 0.25) is 11.8 Å². The highest BCUT2D eigenvalue weighted by atomic mass is 16.5. The first-order valence-corrected chi connectivity index (χ1v) is 7.50. The Morgan fingerprint density at radius 3 is 2.50 bits per heavy atom. The molecular weight excluding hydrogens is 278 g/mol. The fraction of sp³-hybridized carbons (Fsp3) is 0.438. The van der Waals surface area contributed by atoms with Gasteiger partial charge in [0.05, 0.1) is 12.8 Å². The second kappa shape index (κ2) is 6.70. The number of aryl methyl sites for hydroxylation is 1. The maximum atomic E-state index is 5.17. The predicted octanol–water partition coefficient (Wildman–Crippen LogP) is 1.51. The van der Waals surface area contributed by atoms with E-state index < -0.39 is 0 Å². The lowest BCUT2D eigenvalue weighted by atomic mass is 10.2. The van der Waals surface area contributed by atoms with Gasteiger partial charge in [-0.05, 0) is 18.6 Å². The molecule has 0 aliphatic carbocycles. The molecule has 3 rings (SSSR count). The Bertz CT molecular complexity index is 608. The van der Waals surface area contributed by atoms with E-state index in [0.717, 1.165) is 49.9 Å². The Labute approximate surface area is 130 Å². The Hall–Kier alpha value is -2.21. The smallest absolute Gasteiger partial charge is 0.225 e. The average Bonchev–Trinajstić information content (AvgIpc) is 2.57. The monoisotopic (exact) mass is 299 g/mol. The lowest BCUT2D eigenvalue weighted by Crippen LogP contribution is -2.46. The van der Waals surface area contributed by atoms with Gasteiger partial charge in [0.1, 0.15) is 0 Å². The minimum Gasteiger partial charge on any atom is -0.481 e. The number of aromatic nitrogens is 3. The van der Waals surface area contributed by atoms with E-state index in [-0.39, 0.29) is 0 Å². The molecule has 0 bridgehead atoms. The number of rotatable bonds is 4. The number of anilines is 1. The molecule has 1 aliphatic heterocycles. The van der Waals surface area contributed by atoms with Crippen LogP contribution in [0, 0.1) is 6.92 Å². The van der Waals surface area contributed by atoms with E-state index in [0.29, 0.717) is 5.88 Å². The van der Waals surface area contributed by atoms with Gasteiger partial charge >= 0.3 is 0 Å². The fourth-order valence-electron chi connectivity index (χ4n) is 2.54. The molecule has 2 aromatic heterocycles. The molecule has 1 saturated heterocycles. The van der Waals surface area contributed by atoms with Gasteiger partial charge in [0.25, 0.3) is 0 Å². The summed E-state index contributed by atoms with van der Waals surface area (Å²) in [6.07, 6.45) is 3.74. The first-order valence-electron chi connectivity index (χ1n) is 7.50. The van der Waals surface area contributed by atoms with Crippen LogP contribution in [0.5, 0.6) is 5.88 Å². The van der Waals surface area contributed by atoms with Crippen LogP contribution in [-0.4, -0.2) is 53.1 Å². The van der Waals surface area contributed by atoms with Gasteiger partial charge in [0, 0.05) is 51.2 Å². The highest BCUT2D eigenvalue weighted by molar-refractivity contribution is 5.30. The van der Waals surface area contributed by atoms with Crippen LogP contribution in [0.4, 0.5) is 5.95 Å². The molecule has 0 atom stereocenters. The third-order valence-electron chi connectivity index (χ3n) is 3.80. The van der Waals surface area contributed by atoms with Crippen molar-refractivity contribution in [3.05, 3.63) is 41.9 Å². The van der Waals surface area contributed by atoms with Crippen LogP contribution < -0.4 is 9.64 Å². The van der Waals surface area contributed by atoms with Crippen LogP contribution in [0.25, 0.3) is 0 Å². The zero-order chi connectivity index (χ0) is 15.4. The topological polar surface area (TPSA) is 54.4 Å². The summed E-state index contributed by atoms with van der Waals surface area (Å²) < 4.78 is 5.17. The van der Waals surface area contributed by atoms with Crippen LogP contribution in [0.15, 0.2) is 30.6 Å². The molecular formula is C16H21N5O. The van der Waals surface area contributed by atoms with Gasteiger partial charge in [0.15, 0.2) is 0 Å². The summed E-state index contributed by atoms with van der Waals surface area (Å²) in [5.74, 6) is 1.49. The van der Waals surface area contributed by atoms with Gasteiger partial charge in [-0.25, -0.2) is 15.0 Å². The molecule has 0 amide bonds. The van der Waals surface area contributed by atoms with Crippen molar-refractivity contribution < 1.29 is 4.74 Å². The van der Waals surface area contributed by atoms with E-state index >= 15 is 0 Å². The van der Waals surface area contributed by atoms with E-state index in [1.54, 1.807) is 7.11 Å². The third kappa shape index (κ3) is 3.51. The van der Waals surface area contributed by atoms with E-state index in [1.165, 1.54) is 0 Å². The summed E-state index contributed by atoms with van der Waals surface area (Å²) in [6.45, 7) is 6.69. The molecule has 1 fully saturated rings. The Morgan fingerprint density at radius 2 is 1.82 bits per heavy atom. The Morgan fingerprint density at radius 1 is 1.09 bits per heavy atom. The molecule has 6 nitrogen and oxygen atoms in total. The second-order valence-electron chi connectivity index (χ2n) is 5.49. The molecule has 116 valence electrons. The summed E-state index contributed by atoms with van der Waals surface area (Å²) in [7, 11) is 1.65. The standard InChI is InChI=1S/C16H21N5O/c1-13-10-17-16(18-11-13)21-8-6-20(7-9-21)12-14-4-3-5-15(19-14)22-2/h3-5,10-11H,6-9,12H2,1-2H3. The zero-order valence-electron chi connectivity index (χ0n) is 13.1. The van der Waals surface area contributed by atoms with Gasteiger partial charge in [-0.3, -0.25) is 4.90 Å². The number of hydrogen-bond donors (Lipinski definition) is 0. The van der Waals surface area contributed by atoms with Crippen LogP contribution in [0.3, 0.4) is 0 Å². The Kier molecular flexibility index (Phi) is 4.48. The van der Waals surface area contributed by atoms with Gasteiger partial charge < -0.3 is 9.64 Å². The van der Waals surface area contributed by atoms with Crippen molar-refractivity contribution in [2.75, 3.05) is 38.2 Å². The first kappa shape index (κ1) is 14.7. The number of piperazine rings is 1. The number of hydrogen-bond acceptors (Lipinski definition) is 6. The summed E-state index contributed by atoms with van der Waals surface area (Å²) in [6, 6.07) is 5.89. The second-order valence-corrected chi connectivity index (χ2v) is 5.49. The minimum absolute atomic E-state index is 0.671. The van der Waals surface area contributed by atoms with Crippen LogP contribution in [0.2, 0.25) is 0 Å². The maximum absolute atomic E-state index is 5.17. The fourth-order valence-corrected chi connectivity index (χ4v) is 2.54. The van der Waals surface area contributed by atoms with E-state index in [4.69, 9.17) is 4.74 Å². The molecule has 0 N–H and O–H groups in total. The molecule has 0 unspecified atom stereocenters. The molecule has 0 spiro atoms. The zero-order valence-corrected chi connectivity index (χ0v) is 13.1. The SMILES string of the molecule is COc1cccc(CN2CCN(c3ncc(C)cn3)CC2)n1. The number of ether oxygens (including phenoxy) is 1. The van der Waals surface area contributed by atoms with Gasteiger partial charge in [-0.2, -0.15) is 0 Å². The van der Waals surface area contributed by atoms with Gasteiger partial charge in [-0.1, -0.05) is 6.07 Å². The first-order chi connectivity index (χ1) is 10.7.